The lowest BCUT2D eigenvalue weighted by Gasteiger charge is -2.43. The third-order valence-corrected chi connectivity index (χ3v) is 6.31. The van der Waals surface area contributed by atoms with Gasteiger partial charge in [-0.15, -0.1) is 0 Å². The summed E-state index contributed by atoms with van der Waals surface area (Å²) in [5, 5.41) is 0. The molecule has 2 rings (SSSR count). The number of carbonyl (C=O) groups excluding carboxylic acids is 2. The van der Waals surface area contributed by atoms with Gasteiger partial charge < -0.3 is 0 Å². The summed E-state index contributed by atoms with van der Waals surface area (Å²) in [6, 6.07) is 0. The highest BCUT2D eigenvalue weighted by molar-refractivity contribution is 5.89. The predicted molar refractivity (Wildman–Crippen MR) is 90.6 cm³/mol. The third-order valence-electron chi connectivity index (χ3n) is 6.31. The van der Waals surface area contributed by atoms with E-state index >= 15 is 0 Å². The van der Waals surface area contributed by atoms with Gasteiger partial charge in [0.15, 0.2) is 5.78 Å². The molecule has 0 aliphatic heterocycles. The molecule has 2 fully saturated rings. The van der Waals surface area contributed by atoms with E-state index in [1.54, 1.807) is 13.0 Å². The molecular formula is C20H32O2. The van der Waals surface area contributed by atoms with Gasteiger partial charge in [0, 0.05) is 12.3 Å². The fourth-order valence-electron chi connectivity index (χ4n) is 4.94. The van der Waals surface area contributed by atoms with Crippen molar-refractivity contribution >= 4 is 11.6 Å². The zero-order valence-electron chi connectivity index (χ0n) is 14.6. The van der Waals surface area contributed by atoms with Crippen LogP contribution < -0.4 is 0 Å². The third kappa shape index (κ3) is 3.88. The van der Waals surface area contributed by atoms with Crippen LogP contribution in [0.2, 0.25) is 0 Å². The van der Waals surface area contributed by atoms with Crippen LogP contribution in [0.4, 0.5) is 0 Å². The lowest BCUT2D eigenvalue weighted by Crippen LogP contribution is -2.37. The molecule has 0 aromatic heterocycles. The average molecular weight is 304 g/mol. The molecule has 0 spiro atoms. The zero-order chi connectivity index (χ0) is 16.2. The summed E-state index contributed by atoms with van der Waals surface area (Å²) in [6.45, 7) is 6.19. The van der Waals surface area contributed by atoms with Crippen molar-refractivity contribution in [2.45, 2.75) is 78.6 Å². The number of hydrogen-bond acceptors (Lipinski definition) is 2. The highest BCUT2D eigenvalue weighted by Gasteiger charge is 2.50. The van der Waals surface area contributed by atoms with Crippen LogP contribution in [0.15, 0.2) is 12.2 Å². The van der Waals surface area contributed by atoms with Crippen molar-refractivity contribution < 1.29 is 9.59 Å². The van der Waals surface area contributed by atoms with Gasteiger partial charge in [-0.05, 0) is 75.2 Å². The molecule has 4 atom stereocenters. The summed E-state index contributed by atoms with van der Waals surface area (Å²) in [5.41, 5.74) is 0.266. The number of ketones is 2. The van der Waals surface area contributed by atoms with Crippen molar-refractivity contribution in [3.05, 3.63) is 12.2 Å². The van der Waals surface area contributed by atoms with Gasteiger partial charge in [-0.25, -0.2) is 0 Å². The first-order chi connectivity index (χ1) is 10.5. The summed E-state index contributed by atoms with van der Waals surface area (Å²) in [5.74, 6) is 2.48. The Hall–Kier alpha value is -0.920. The maximum absolute atomic E-state index is 11.9. The maximum Gasteiger partial charge on any atom is 0.155 e. The Bertz CT molecular complexity index is 437. The van der Waals surface area contributed by atoms with Crippen molar-refractivity contribution in [3.8, 4) is 0 Å². The Kier molecular flexibility index (Phi) is 6.00. The van der Waals surface area contributed by atoms with Crippen LogP contribution in [0.25, 0.3) is 0 Å². The molecule has 0 bridgehead atoms. The standard InChI is InChI=1S/C20H32O2/c1-4-5-8-18(22)9-6-7-16-12-13-20(3)17(14-16)10-11-19(20)15(2)21/h5,8,16-17,19H,4,6-7,9-14H2,1-3H3/b8-5+. The second kappa shape index (κ2) is 7.57. The summed E-state index contributed by atoms with van der Waals surface area (Å²) in [6.07, 6.45) is 13.6. The molecule has 4 unspecified atom stereocenters. The number of rotatable bonds is 7. The first kappa shape index (κ1) is 17.4. The van der Waals surface area contributed by atoms with E-state index in [2.05, 4.69) is 13.8 Å². The maximum atomic E-state index is 11.9. The Labute approximate surface area is 135 Å². The fourth-order valence-corrected chi connectivity index (χ4v) is 4.94. The van der Waals surface area contributed by atoms with E-state index in [1.807, 2.05) is 6.08 Å². The van der Waals surface area contributed by atoms with Crippen LogP contribution in [0.3, 0.4) is 0 Å². The molecule has 0 saturated heterocycles. The highest BCUT2D eigenvalue weighted by Crippen LogP contribution is 2.57. The van der Waals surface area contributed by atoms with Gasteiger partial charge in [-0.2, -0.15) is 0 Å². The largest absolute Gasteiger partial charge is 0.300 e. The fraction of sp³-hybridized carbons (Fsp3) is 0.800. The molecule has 0 aromatic rings. The Morgan fingerprint density at radius 1 is 1.23 bits per heavy atom. The summed E-state index contributed by atoms with van der Waals surface area (Å²) < 4.78 is 0. The smallest absolute Gasteiger partial charge is 0.155 e. The van der Waals surface area contributed by atoms with E-state index in [9.17, 15) is 9.59 Å². The topological polar surface area (TPSA) is 34.1 Å². The molecule has 2 saturated carbocycles. The van der Waals surface area contributed by atoms with Crippen molar-refractivity contribution in [1.82, 2.24) is 0 Å². The van der Waals surface area contributed by atoms with Gasteiger partial charge in [-0.1, -0.05) is 26.3 Å². The van der Waals surface area contributed by atoms with E-state index in [0.717, 1.165) is 31.1 Å². The normalized spacial score (nSPS) is 34.8. The molecule has 124 valence electrons. The van der Waals surface area contributed by atoms with Crippen molar-refractivity contribution in [2.24, 2.45) is 23.2 Å². The molecule has 2 aliphatic carbocycles. The van der Waals surface area contributed by atoms with Gasteiger partial charge in [0.1, 0.15) is 5.78 Å². The minimum Gasteiger partial charge on any atom is -0.300 e. The van der Waals surface area contributed by atoms with Crippen molar-refractivity contribution in [2.75, 3.05) is 0 Å². The Balaban J connectivity index is 1.78. The molecule has 22 heavy (non-hydrogen) atoms. The van der Waals surface area contributed by atoms with E-state index in [1.165, 1.54) is 32.1 Å². The minimum atomic E-state index is 0.266. The molecule has 2 aliphatic rings. The second-order valence-electron chi connectivity index (χ2n) is 7.75. The number of hydrogen-bond donors (Lipinski definition) is 0. The highest BCUT2D eigenvalue weighted by atomic mass is 16.1. The molecule has 0 aromatic carbocycles. The van der Waals surface area contributed by atoms with Gasteiger partial charge in [0.25, 0.3) is 0 Å². The summed E-state index contributed by atoms with van der Waals surface area (Å²) >= 11 is 0. The van der Waals surface area contributed by atoms with Gasteiger partial charge in [-0.3, -0.25) is 9.59 Å². The van der Waals surface area contributed by atoms with Gasteiger partial charge in [0.2, 0.25) is 0 Å². The lowest BCUT2D eigenvalue weighted by atomic mass is 9.61. The first-order valence-corrected chi connectivity index (χ1v) is 9.17. The van der Waals surface area contributed by atoms with Crippen LogP contribution in [0, 0.1) is 23.2 Å². The minimum absolute atomic E-state index is 0.266. The molecule has 0 radical (unpaired) electrons. The number of carbonyl (C=O) groups is 2. The van der Waals surface area contributed by atoms with Crippen LogP contribution in [0.1, 0.15) is 78.6 Å². The van der Waals surface area contributed by atoms with E-state index in [-0.39, 0.29) is 11.2 Å². The summed E-state index contributed by atoms with van der Waals surface area (Å²) in [4.78, 5) is 23.5. The molecule has 0 amide bonds. The quantitative estimate of drug-likeness (QED) is 0.612. The van der Waals surface area contributed by atoms with Gasteiger partial charge >= 0.3 is 0 Å². The number of allylic oxidation sites excluding steroid dienone is 2. The van der Waals surface area contributed by atoms with Gasteiger partial charge in [0.05, 0.1) is 0 Å². The predicted octanol–water partition coefficient (Wildman–Crippen LogP) is 5.11. The van der Waals surface area contributed by atoms with Crippen LogP contribution in [0.5, 0.6) is 0 Å². The second-order valence-corrected chi connectivity index (χ2v) is 7.75. The lowest BCUT2D eigenvalue weighted by molar-refractivity contribution is -0.125. The zero-order valence-corrected chi connectivity index (χ0v) is 14.6. The van der Waals surface area contributed by atoms with Crippen LogP contribution >= 0.6 is 0 Å². The SMILES string of the molecule is CC/C=C/C(=O)CCCC1CCC2(C)C(CCC2C(C)=O)C1. The molecule has 0 N–H and O–H groups in total. The van der Waals surface area contributed by atoms with E-state index in [4.69, 9.17) is 0 Å². The van der Waals surface area contributed by atoms with Crippen LogP contribution in [-0.4, -0.2) is 11.6 Å². The number of fused-ring (bicyclic) bond motifs is 1. The first-order valence-electron chi connectivity index (χ1n) is 9.17. The Morgan fingerprint density at radius 2 is 2.00 bits per heavy atom. The molecular weight excluding hydrogens is 272 g/mol. The number of Topliss-reactive ketones (excluding diaryl/α,β-unsaturated/α-hetero) is 1. The van der Waals surface area contributed by atoms with Crippen molar-refractivity contribution in [3.63, 3.8) is 0 Å². The monoisotopic (exact) mass is 304 g/mol. The molecule has 0 heterocycles. The molecule has 2 heteroatoms. The van der Waals surface area contributed by atoms with Crippen molar-refractivity contribution in [1.29, 1.82) is 0 Å². The Morgan fingerprint density at radius 3 is 2.68 bits per heavy atom. The average Bonchev–Trinajstić information content (AvgIpc) is 2.82. The van der Waals surface area contributed by atoms with E-state index < -0.39 is 0 Å². The summed E-state index contributed by atoms with van der Waals surface area (Å²) in [7, 11) is 0. The van der Waals surface area contributed by atoms with E-state index in [0.29, 0.717) is 18.1 Å². The van der Waals surface area contributed by atoms with Crippen LogP contribution in [-0.2, 0) is 9.59 Å². The molecule has 2 nitrogen and oxygen atoms in total.